The van der Waals surface area contributed by atoms with E-state index in [9.17, 15) is 8.42 Å². The van der Waals surface area contributed by atoms with Gasteiger partial charge in [-0.3, -0.25) is 0 Å². The molecule has 0 radical (unpaired) electrons. The van der Waals surface area contributed by atoms with Gasteiger partial charge in [0.25, 0.3) is 0 Å². The van der Waals surface area contributed by atoms with E-state index in [1.54, 1.807) is 23.9 Å². The molecule has 0 spiro atoms. The summed E-state index contributed by atoms with van der Waals surface area (Å²) in [7, 11) is -3.48. The molecule has 0 aromatic heterocycles. The maximum Gasteiger partial charge on any atom is 0.240 e. The molecular weight excluding hydrogens is 280 g/mol. The molecule has 0 aliphatic rings. The topological polar surface area (TPSA) is 72.2 Å². The van der Waals surface area contributed by atoms with Crippen molar-refractivity contribution in [2.24, 2.45) is 0 Å². The van der Waals surface area contributed by atoms with Crippen LogP contribution in [0.3, 0.4) is 0 Å². The molecule has 0 aliphatic carbocycles. The van der Waals surface area contributed by atoms with Crippen molar-refractivity contribution in [1.82, 2.24) is 4.72 Å². The standard InChI is InChI=1S/C13H22N2O2S2/c1-4-11-6-7-12(8-13(11)14)19(16,17)15-10(3)9-18-5-2/h6-8,10,15H,4-5,9,14H2,1-3H3. The molecule has 3 N–H and O–H groups in total. The third-order valence-electron chi connectivity index (χ3n) is 2.74. The molecule has 0 bridgehead atoms. The van der Waals surface area contributed by atoms with E-state index in [2.05, 4.69) is 11.6 Å². The molecule has 1 aromatic rings. The minimum Gasteiger partial charge on any atom is -0.398 e. The number of nitrogens with one attached hydrogen (secondary N) is 1. The lowest BCUT2D eigenvalue weighted by Gasteiger charge is -2.14. The van der Waals surface area contributed by atoms with E-state index in [4.69, 9.17) is 5.73 Å². The Balaban J connectivity index is 2.85. The first kappa shape index (κ1) is 16.3. The highest BCUT2D eigenvalue weighted by Gasteiger charge is 2.18. The number of rotatable bonds is 7. The first-order valence-electron chi connectivity index (χ1n) is 6.39. The van der Waals surface area contributed by atoms with E-state index in [0.29, 0.717) is 5.69 Å². The second kappa shape index (κ2) is 7.17. The summed E-state index contributed by atoms with van der Waals surface area (Å²) in [6, 6.07) is 4.81. The van der Waals surface area contributed by atoms with Gasteiger partial charge in [0.05, 0.1) is 4.90 Å². The first-order valence-corrected chi connectivity index (χ1v) is 9.03. The van der Waals surface area contributed by atoms with Crippen LogP contribution in [0, 0.1) is 0 Å². The summed E-state index contributed by atoms with van der Waals surface area (Å²) in [6.45, 7) is 5.90. The molecule has 1 rings (SSSR count). The fourth-order valence-electron chi connectivity index (χ4n) is 1.72. The highest BCUT2D eigenvalue weighted by molar-refractivity contribution is 7.99. The summed E-state index contributed by atoms with van der Waals surface area (Å²) in [5, 5.41) is 0. The van der Waals surface area contributed by atoms with Crippen molar-refractivity contribution in [1.29, 1.82) is 0 Å². The zero-order valence-corrected chi connectivity index (χ0v) is 13.3. The SMILES string of the molecule is CCSCC(C)NS(=O)(=O)c1ccc(CC)c(N)c1. The molecule has 0 amide bonds. The van der Waals surface area contributed by atoms with Gasteiger partial charge in [-0.25, -0.2) is 13.1 Å². The molecule has 6 heteroatoms. The predicted octanol–water partition coefficient (Wildman–Crippen LogP) is 2.25. The van der Waals surface area contributed by atoms with Gasteiger partial charge in [0.15, 0.2) is 0 Å². The maximum absolute atomic E-state index is 12.2. The normalized spacial score (nSPS) is 13.4. The lowest BCUT2D eigenvalue weighted by atomic mass is 10.1. The summed E-state index contributed by atoms with van der Waals surface area (Å²) in [4.78, 5) is 0.232. The molecule has 1 aromatic carbocycles. The van der Waals surface area contributed by atoms with Crippen molar-refractivity contribution in [2.45, 2.75) is 38.1 Å². The third kappa shape index (κ3) is 4.71. The van der Waals surface area contributed by atoms with Gasteiger partial charge in [0.2, 0.25) is 10.0 Å². The van der Waals surface area contributed by atoms with Crippen LogP contribution < -0.4 is 10.5 Å². The number of nitrogens with two attached hydrogens (primary N) is 1. The lowest BCUT2D eigenvalue weighted by molar-refractivity contribution is 0.571. The number of thioether (sulfide) groups is 1. The Bertz CT molecular complexity index is 515. The quantitative estimate of drug-likeness (QED) is 0.758. The van der Waals surface area contributed by atoms with Gasteiger partial charge >= 0.3 is 0 Å². The van der Waals surface area contributed by atoms with E-state index in [1.807, 2.05) is 13.8 Å². The van der Waals surface area contributed by atoms with E-state index in [1.165, 1.54) is 6.07 Å². The summed E-state index contributed by atoms with van der Waals surface area (Å²) in [5.41, 5.74) is 7.34. The summed E-state index contributed by atoms with van der Waals surface area (Å²) in [6.07, 6.45) is 0.795. The van der Waals surface area contributed by atoms with Crippen molar-refractivity contribution in [3.8, 4) is 0 Å². The monoisotopic (exact) mass is 302 g/mol. The molecule has 19 heavy (non-hydrogen) atoms. The summed E-state index contributed by atoms with van der Waals surface area (Å²) < 4.78 is 27.0. The fourth-order valence-corrected chi connectivity index (χ4v) is 3.78. The Hall–Kier alpha value is -0.720. The predicted molar refractivity (Wildman–Crippen MR) is 83.0 cm³/mol. The van der Waals surface area contributed by atoms with Crippen LogP contribution in [0.1, 0.15) is 26.3 Å². The number of sulfonamides is 1. The van der Waals surface area contributed by atoms with Crippen molar-refractivity contribution < 1.29 is 8.42 Å². The average molecular weight is 302 g/mol. The van der Waals surface area contributed by atoms with Gasteiger partial charge in [-0.05, 0) is 36.8 Å². The van der Waals surface area contributed by atoms with Crippen LogP contribution in [0.5, 0.6) is 0 Å². The van der Waals surface area contributed by atoms with Crippen LogP contribution in [0.4, 0.5) is 5.69 Å². The average Bonchev–Trinajstić information content (AvgIpc) is 2.35. The lowest BCUT2D eigenvalue weighted by Crippen LogP contribution is -2.34. The van der Waals surface area contributed by atoms with Gasteiger partial charge < -0.3 is 5.73 Å². The Morgan fingerprint density at radius 3 is 2.58 bits per heavy atom. The number of aryl methyl sites for hydroxylation is 1. The minimum atomic E-state index is -3.48. The first-order chi connectivity index (χ1) is 8.90. The van der Waals surface area contributed by atoms with E-state index >= 15 is 0 Å². The van der Waals surface area contributed by atoms with Crippen LogP contribution in [0.15, 0.2) is 23.1 Å². The van der Waals surface area contributed by atoms with E-state index in [-0.39, 0.29) is 10.9 Å². The molecule has 4 nitrogen and oxygen atoms in total. The molecule has 0 saturated heterocycles. The molecule has 1 atom stereocenters. The van der Waals surface area contributed by atoms with E-state index < -0.39 is 10.0 Å². The molecule has 108 valence electrons. The molecular formula is C13H22N2O2S2. The number of hydrogen-bond donors (Lipinski definition) is 2. The zero-order valence-electron chi connectivity index (χ0n) is 11.6. The molecule has 1 unspecified atom stereocenters. The smallest absolute Gasteiger partial charge is 0.240 e. The number of benzene rings is 1. The largest absolute Gasteiger partial charge is 0.398 e. The highest BCUT2D eigenvalue weighted by atomic mass is 32.2. The number of anilines is 1. The van der Waals surface area contributed by atoms with Gasteiger partial charge in [-0.15, -0.1) is 0 Å². The van der Waals surface area contributed by atoms with Gasteiger partial charge in [0, 0.05) is 17.5 Å². The Morgan fingerprint density at radius 1 is 1.37 bits per heavy atom. The van der Waals surface area contributed by atoms with Crippen LogP contribution in [-0.4, -0.2) is 26.0 Å². The molecule has 0 saturated carbocycles. The van der Waals surface area contributed by atoms with Gasteiger partial charge in [-0.2, -0.15) is 11.8 Å². The van der Waals surface area contributed by atoms with Crippen molar-refractivity contribution in [3.05, 3.63) is 23.8 Å². The number of hydrogen-bond acceptors (Lipinski definition) is 4. The Morgan fingerprint density at radius 2 is 2.05 bits per heavy atom. The van der Waals surface area contributed by atoms with Crippen LogP contribution in [0.2, 0.25) is 0 Å². The molecule has 0 fully saturated rings. The van der Waals surface area contributed by atoms with E-state index in [0.717, 1.165) is 23.5 Å². The second-order valence-electron chi connectivity index (χ2n) is 4.40. The maximum atomic E-state index is 12.2. The van der Waals surface area contributed by atoms with Gasteiger partial charge in [-0.1, -0.05) is 19.9 Å². The molecule has 0 aliphatic heterocycles. The highest BCUT2D eigenvalue weighted by Crippen LogP contribution is 2.19. The third-order valence-corrected chi connectivity index (χ3v) is 5.47. The second-order valence-corrected chi connectivity index (χ2v) is 7.43. The summed E-state index contributed by atoms with van der Waals surface area (Å²) in [5.74, 6) is 1.74. The van der Waals surface area contributed by atoms with Crippen LogP contribution in [-0.2, 0) is 16.4 Å². The van der Waals surface area contributed by atoms with Crippen molar-refractivity contribution >= 4 is 27.5 Å². The van der Waals surface area contributed by atoms with Crippen molar-refractivity contribution in [3.63, 3.8) is 0 Å². The molecule has 0 heterocycles. The Kier molecular flexibility index (Phi) is 6.16. The summed E-state index contributed by atoms with van der Waals surface area (Å²) >= 11 is 1.71. The zero-order chi connectivity index (χ0) is 14.5. The van der Waals surface area contributed by atoms with Crippen LogP contribution in [0.25, 0.3) is 0 Å². The Labute approximate surface area is 120 Å². The fraction of sp³-hybridized carbons (Fsp3) is 0.538. The van der Waals surface area contributed by atoms with Gasteiger partial charge in [0.1, 0.15) is 0 Å². The number of nitrogen functional groups attached to an aromatic ring is 1. The van der Waals surface area contributed by atoms with Crippen molar-refractivity contribution in [2.75, 3.05) is 17.2 Å². The van der Waals surface area contributed by atoms with Crippen LogP contribution >= 0.6 is 11.8 Å². The minimum absolute atomic E-state index is 0.0953.